The number of nitrogens with one attached hydrogen (secondary N) is 1. The maximum Gasteiger partial charge on any atom is 0.265 e. The van der Waals surface area contributed by atoms with Gasteiger partial charge < -0.3 is 9.26 Å². The molecule has 8 heteroatoms. The average molecular weight is 292 g/mol. The third-order valence-corrected chi connectivity index (χ3v) is 4.34. The molecule has 0 fully saturated rings. The molecule has 4 rings (SSSR count). The maximum atomic E-state index is 12.3. The first-order chi connectivity index (χ1) is 9.83. The number of aromatic nitrogens is 3. The zero-order chi connectivity index (χ0) is 13.5. The molecule has 1 N–H and O–H groups in total. The molecular weight excluding hydrogens is 280 g/mol. The van der Waals surface area contributed by atoms with E-state index in [0.717, 1.165) is 35.7 Å². The van der Waals surface area contributed by atoms with Gasteiger partial charge >= 0.3 is 0 Å². The molecule has 0 unspecified atom stereocenters. The predicted octanol–water partition coefficient (Wildman–Crippen LogP) is 1.65. The van der Waals surface area contributed by atoms with E-state index in [1.54, 1.807) is 16.4 Å². The van der Waals surface area contributed by atoms with Gasteiger partial charge in [0.1, 0.15) is 5.56 Å². The molecular formula is C12H12N4O3S. The van der Waals surface area contributed by atoms with E-state index >= 15 is 0 Å². The lowest BCUT2D eigenvalue weighted by atomic mass is 10.2. The zero-order valence-electron chi connectivity index (χ0n) is 10.6. The van der Waals surface area contributed by atoms with E-state index in [1.807, 2.05) is 0 Å². The fourth-order valence-corrected chi connectivity index (χ4v) is 3.37. The molecule has 4 heterocycles. The van der Waals surface area contributed by atoms with Crippen LogP contribution in [0.15, 0.2) is 10.7 Å². The number of amides is 1. The van der Waals surface area contributed by atoms with Gasteiger partial charge in [-0.3, -0.25) is 10.1 Å². The molecule has 2 aromatic heterocycles. The van der Waals surface area contributed by atoms with Crippen molar-refractivity contribution in [1.29, 1.82) is 0 Å². The lowest BCUT2D eigenvalue weighted by Crippen LogP contribution is -2.18. The van der Waals surface area contributed by atoms with E-state index in [9.17, 15) is 4.79 Å². The number of hydrogen-bond donors (Lipinski definition) is 1. The lowest BCUT2D eigenvalue weighted by Gasteiger charge is -2.15. The number of fused-ring (bicyclic) bond motifs is 2. The molecule has 20 heavy (non-hydrogen) atoms. The standard InChI is InChI=1S/C12H12N4O3S/c17-10(7-4-13-16-2-1-3-18-12(7)16)14-11-8-5-20-6-9(8)15-19-11/h4H,1-3,5-6H2,(H,14,17). The molecule has 0 spiro atoms. The van der Waals surface area contributed by atoms with Crippen LogP contribution in [-0.4, -0.2) is 27.5 Å². The summed E-state index contributed by atoms with van der Waals surface area (Å²) in [6, 6.07) is 0. The van der Waals surface area contributed by atoms with Gasteiger partial charge in [-0.1, -0.05) is 5.16 Å². The average Bonchev–Trinajstić information content (AvgIpc) is 3.14. The van der Waals surface area contributed by atoms with E-state index < -0.39 is 0 Å². The number of anilines is 1. The third kappa shape index (κ3) is 1.79. The number of ether oxygens (including phenoxy) is 1. The Hall–Kier alpha value is -1.96. The quantitative estimate of drug-likeness (QED) is 0.906. The molecule has 0 radical (unpaired) electrons. The van der Waals surface area contributed by atoms with Crippen LogP contribution in [-0.2, 0) is 18.1 Å². The molecule has 2 aromatic rings. The molecule has 0 saturated carbocycles. The van der Waals surface area contributed by atoms with Crippen LogP contribution in [0.2, 0.25) is 0 Å². The highest BCUT2D eigenvalue weighted by Crippen LogP contribution is 2.35. The van der Waals surface area contributed by atoms with Gasteiger partial charge in [0.2, 0.25) is 11.8 Å². The Morgan fingerprint density at radius 1 is 1.45 bits per heavy atom. The minimum absolute atomic E-state index is 0.274. The Kier molecular flexibility index (Phi) is 2.69. The van der Waals surface area contributed by atoms with Gasteiger partial charge in [0.05, 0.1) is 24.1 Å². The summed E-state index contributed by atoms with van der Waals surface area (Å²) in [6.07, 6.45) is 2.43. The van der Waals surface area contributed by atoms with Crippen molar-refractivity contribution < 1.29 is 14.1 Å². The molecule has 7 nitrogen and oxygen atoms in total. The van der Waals surface area contributed by atoms with Gasteiger partial charge in [-0.15, -0.1) is 0 Å². The molecule has 2 aliphatic heterocycles. The summed E-state index contributed by atoms with van der Waals surface area (Å²) >= 11 is 1.76. The number of carbonyl (C=O) groups excluding carboxylic acids is 1. The Bertz CT molecular complexity index is 678. The van der Waals surface area contributed by atoms with Gasteiger partial charge in [-0.2, -0.15) is 16.9 Å². The van der Waals surface area contributed by atoms with E-state index in [1.165, 1.54) is 6.20 Å². The molecule has 2 aliphatic rings. The first kappa shape index (κ1) is 11.8. The van der Waals surface area contributed by atoms with Gasteiger partial charge in [0.25, 0.3) is 5.91 Å². The van der Waals surface area contributed by atoms with Crippen LogP contribution < -0.4 is 10.1 Å². The molecule has 0 saturated heterocycles. The second-order valence-electron chi connectivity index (χ2n) is 4.67. The van der Waals surface area contributed by atoms with Crippen molar-refractivity contribution in [2.24, 2.45) is 0 Å². The Balaban J connectivity index is 1.60. The minimum Gasteiger partial charge on any atom is -0.477 e. The highest BCUT2D eigenvalue weighted by molar-refractivity contribution is 7.98. The lowest BCUT2D eigenvalue weighted by molar-refractivity contribution is 0.101. The van der Waals surface area contributed by atoms with Gasteiger partial charge in [-0.25, -0.2) is 4.68 Å². The number of nitrogens with zero attached hydrogens (tertiary/aromatic N) is 3. The number of rotatable bonds is 2. The summed E-state index contributed by atoms with van der Waals surface area (Å²) in [5.41, 5.74) is 2.32. The Labute approximate surface area is 118 Å². The zero-order valence-corrected chi connectivity index (χ0v) is 11.4. The Morgan fingerprint density at radius 3 is 3.35 bits per heavy atom. The fourth-order valence-electron chi connectivity index (χ4n) is 2.35. The van der Waals surface area contributed by atoms with Crippen molar-refractivity contribution in [2.45, 2.75) is 24.5 Å². The van der Waals surface area contributed by atoms with Gasteiger partial charge in [0.15, 0.2) is 0 Å². The summed E-state index contributed by atoms with van der Waals surface area (Å²) < 4.78 is 12.4. The van der Waals surface area contributed by atoms with Crippen LogP contribution in [0, 0.1) is 0 Å². The molecule has 0 aliphatic carbocycles. The molecule has 104 valence electrons. The van der Waals surface area contributed by atoms with E-state index in [4.69, 9.17) is 9.26 Å². The van der Waals surface area contributed by atoms with Crippen LogP contribution in [0.1, 0.15) is 28.0 Å². The van der Waals surface area contributed by atoms with Crippen molar-refractivity contribution in [2.75, 3.05) is 11.9 Å². The first-order valence-electron chi connectivity index (χ1n) is 6.38. The van der Waals surface area contributed by atoms with Crippen LogP contribution in [0.5, 0.6) is 5.88 Å². The molecule has 0 aromatic carbocycles. The molecule has 1 amide bonds. The normalized spacial score (nSPS) is 16.4. The summed E-state index contributed by atoms with van der Waals surface area (Å²) in [5, 5.41) is 10.9. The van der Waals surface area contributed by atoms with Crippen molar-refractivity contribution in [3.8, 4) is 5.88 Å². The summed E-state index contributed by atoms with van der Waals surface area (Å²) in [5.74, 6) is 2.34. The number of thioether (sulfide) groups is 1. The van der Waals surface area contributed by atoms with Crippen molar-refractivity contribution in [3.63, 3.8) is 0 Å². The van der Waals surface area contributed by atoms with Gasteiger partial charge in [-0.05, 0) is 0 Å². The molecule has 0 bridgehead atoms. The smallest absolute Gasteiger partial charge is 0.265 e. The number of hydrogen-bond acceptors (Lipinski definition) is 6. The molecule has 0 atom stereocenters. The minimum atomic E-state index is -0.274. The monoisotopic (exact) mass is 292 g/mol. The number of aryl methyl sites for hydroxylation is 1. The van der Waals surface area contributed by atoms with Crippen LogP contribution in [0.3, 0.4) is 0 Å². The largest absolute Gasteiger partial charge is 0.477 e. The van der Waals surface area contributed by atoms with E-state index in [0.29, 0.717) is 23.9 Å². The second kappa shape index (κ2) is 4.55. The summed E-state index contributed by atoms with van der Waals surface area (Å²) in [4.78, 5) is 12.3. The second-order valence-corrected chi connectivity index (χ2v) is 5.66. The Morgan fingerprint density at radius 2 is 2.40 bits per heavy atom. The van der Waals surface area contributed by atoms with E-state index in [2.05, 4.69) is 15.6 Å². The van der Waals surface area contributed by atoms with Crippen molar-refractivity contribution in [3.05, 3.63) is 23.0 Å². The predicted molar refractivity (Wildman–Crippen MR) is 71.8 cm³/mol. The first-order valence-corrected chi connectivity index (χ1v) is 7.53. The van der Waals surface area contributed by atoms with Gasteiger partial charge in [0, 0.05) is 24.5 Å². The summed E-state index contributed by atoms with van der Waals surface area (Å²) in [7, 11) is 0. The van der Waals surface area contributed by atoms with Crippen LogP contribution >= 0.6 is 11.8 Å². The van der Waals surface area contributed by atoms with Crippen LogP contribution in [0.25, 0.3) is 0 Å². The highest BCUT2D eigenvalue weighted by atomic mass is 32.2. The highest BCUT2D eigenvalue weighted by Gasteiger charge is 2.26. The maximum absolute atomic E-state index is 12.3. The number of carbonyl (C=O) groups is 1. The van der Waals surface area contributed by atoms with Crippen LogP contribution in [0.4, 0.5) is 5.88 Å². The SMILES string of the molecule is O=C(Nc1onc2c1CSC2)c1cnn2c1OCCC2. The van der Waals surface area contributed by atoms with Crippen molar-refractivity contribution >= 4 is 23.6 Å². The third-order valence-electron chi connectivity index (χ3n) is 3.37. The van der Waals surface area contributed by atoms with Crippen molar-refractivity contribution in [1.82, 2.24) is 14.9 Å². The summed E-state index contributed by atoms with van der Waals surface area (Å²) in [6.45, 7) is 1.39. The van der Waals surface area contributed by atoms with E-state index in [-0.39, 0.29) is 5.91 Å². The fraction of sp³-hybridized carbons (Fsp3) is 0.417. The topological polar surface area (TPSA) is 82.2 Å².